The van der Waals surface area contributed by atoms with Crippen molar-refractivity contribution in [3.05, 3.63) is 24.5 Å². The lowest BCUT2D eigenvalue weighted by Gasteiger charge is -2.04. The molecule has 0 spiro atoms. The van der Waals surface area contributed by atoms with Gasteiger partial charge in [0.25, 0.3) is 0 Å². The van der Waals surface area contributed by atoms with Crippen molar-refractivity contribution in [3.63, 3.8) is 0 Å². The maximum Gasteiger partial charge on any atom is 0.167 e. The molecular formula is C12H14N2O2. The summed E-state index contributed by atoms with van der Waals surface area (Å²) < 4.78 is 7.39. The molecule has 0 saturated carbocycles. The fourth-order valence-corrected chi connectivity index (χ4v) is 1.56. The predicted octanol–water partition coefficient (Wildman–Crippen LogP) is 2.02. The number of nitrogens with zero attached hydrogens (tertiary/aromatic N) is 2. The lowest BCUT2D eigenvalue weighted by molar-refractivity contribution is -0.118. The van der Waals surface area contributed by atoms with Crippen LogP contribution in [0.1, 0.15) is 13.8 Å². The van der Waals surface area contributed by atoms with Gasteiger partial charge >= 0.3 is 0 Å². The average Bonchev–Trinajstić information content (AvgIpc) is 2.68. The Labute approximate surface area is 93.9 Å². The van der Waals surface area contributed by atoms with Crippen LogP contribution in [0, 0.1) is 0 Å². The summed E-state index contributed by atoms with van der Waals surface area (Å²) in [5.74, 6) is 0.724. The molecule has 1 aromatic carbocycles. The SMILES string of the molecule is CCn1cnc2ccc(OCC(C)=O)cc21. The Morgan fingerprint density at radius 3 is 3.00 bits per heavy atom. The summed E-state index contributed by atoms with van der Waals surface area (Å²) in [4.78, 5) is 15.1. The van der Waals surface area contributed by atoms with Crippen molar-refractivity contribution in [3.8, 4) is 5.75 Å². The molecule has 84 valence electrons. The van der Waals surface area contributed by atoms with Crippen LogP contribution in [0.25, 0.3) is 11.0 Å². The van der Waals surface area contributed by atoms with E-state index in [-0.39, 0.29) is 12.4 Å². The smallest absolute Gasteiger partial charge is 0.167 e. The Kier molecular flexibility index (Phi) is 2.90. The second kappa shape index (κ2) is 4.35. The van der Waals surface area contributed by atoms with Crippen molar-refractivity contribution >= 4 is 16.8 Å². The van der Waals surface area contributed by atoms with Crippen LogP contribution in [0.15, 0.2) is 24.5 Å². The number of ether oxygens (including phenoxy) is 1. The van der Waals surface area contributed by atoms with Gasteiger partial charge in [0.05, 0.1) is 17.4 Å². The maximum atomic E-state index is 10.8. The van der Waals surface area contributed by atoms with E-state index in [4.69, 9.17) is 4.74 Å². The van der Waals surface area contributed by atoms with E-state index in [9.17, 15) is 4.79 Å². The number of hydrogen-bond acceptors (Lipinski definition) is 3. The summed E-state index contributed by atoms with van der Waals surface area (Å²) in [5, 5.41) is 0. The Hall–Kier alpha value is -1.84. The molecule has 2 aromatic rings. The first-order valence-corrected chi connectivity index (χ1v) is 5.28. The Morgan fingerprint density at radius 1 is 1.50 bits per heavy atom. The van der Waals surface area contributed by atoms with Gasteiger partial charge in [-0.1, -0.05) is 0 Å². The van der Waals surface area contributed by atoms with Crippen LogP contribution in [-0.4, -0.2) is 21.9 Å². The molecule has 0 unspecified atom stereocenters. The lowest BCUT2D eigenvalue weighted by Crippen LogP contribution is -2.06. The minimum absolute atomic E-state index is 0.0177. The summed E-state index contributed by atoms with van der Waals surface area (Å²) in [6.45, 7) is 4.55. The van der Waals surface area contributed by atoms with Crippen molar-refractivity contribution in [2.24, 2.45) is 0 Å². The minimum Gasteiger partial charge on any atom is -0.486 e. The van der Waals surface area contributed by atoms with E-state index in [1.807, 2.05) is 22.8 Å². The Balaban J connectivity index is 2.30. The number of imidazole rings is 1. The van der Waals surface area contributed by atoms with E-state index >= 15 is 0 Å². The quantitative estimate of drug-likeness (QED) is 0.788. The number of fused-ring (bicyclic) bond motifs is 1. The number of benzene rings is 1. The van der Waals surface area contributed by atoms with Gasteiger partial charge in [0.1, 0.15) is 12.4 Å². The Bertz CT molecular complexity index is 517. The first-order chi connectivity index (χ1) is 7.70. The minimum atomic E-state index is 0.0177. The molecule has 0 fully saturated rings. The van der Waals surface area contributed by atoms with Crippen LogP contribution in [0.2, 0.25) is 0 Å². The third kappa shape index (κ3) is 2.05. The molecular weight excluding hydrogens is 204 g/mol. The first-order valence-electron chi connectivity index (χ1n) is 5.28. The predicted molar refractivity (Wildman–Crippen MR) is 61.6 cm³/mol. The van der Waals surface area contributed by atoms with Crippen molar-refractivity contribution < 1.29 is 9.53 Å². The highest BCUT2D eigenvalue weighted by Gasteiger charge is 2.03. The molecule has 16 heavy (non-hydrogen) atoms. The summed E-state index contributed by atoms with van der Waals surface area (Å²) in [6.07, 6.45) is 1.80. The second-order valence-electron chi connectivity index (χ2n) is 3.67. The van der Waals surface area contributed by atoms with E-state index in [1.165, 1.54) is 6.92 Å². The highest BCUT2D eigenvalue weighted by molar-refractivity contribution is 5.78. The van der Waals surface area contributed by atoms with Gasteiger partial charge in [0.15, 0.2) is 5.78 Å². The average molecular weight is 218 g/mol. The lowest BCUT2D eigenvalue weighted by atomic mass is 10.3. The number of hydrogen-bond donors (Lipinski definition) is 0. The Morgan fingerprint density at radius 2 is 2.31 bits per heavy atom. The number of aryl methyl sites for hydroxylation is 1. The van der Waals surface area contributed by atoms with Crippen LogP contribution < -0.4 is 4.74 Å². The number of Topliss-reactive ketones (excluding diaryl/α,β-unsaturated/α-hetero) is 1. The molecule has 4 nitrogen and oxygen atoms in total. The molecule has 0 amide bonds. The zero-order chi connectivity index (χ0) is 11.5. The van der Waals surface area contributed by atoms with Crippen molar-refractivity contribution in [2.45, 2.75) is 20.4 Å². The van der Waals surface area contributed by atoms with Gasteiger partial charge in [-0.25, -0.2) is 4.98 Å². The van der Waals surface area contributed by atoms with E-state index in [1.54, 1.807) is 6.33 Å². The molecule has 1 heterocycles. The van der Waals surface area contributed by atoms with Crippen molar-refractivity contribution in [1.82, 2.24) is 9.55 Å². The number of ketones is 1. The standard InChI is InChI=1S/C12H14N2O2/c1-3-14-8-13-11-5-4-10(6-12(11)14)16-7-9(2)15/h4-6,8H,3,7H2,1-2H3. The molecule has 0 aliphatic carbocycles. The molecule has 1 aromatic heterocycles. The molecule has 2 rings (SSSR count). The van der Waals surface area contributed by atoms with Gasteiger partial charge in [-0.15, -0.1) is 0 Å². The fourth-order valence-electron chi connectivity index (χ4n) is 1.56. The number of aromatic nitrogens is 2. The summed E-state index contributed by atoms with van der Waals surface area (Å²) in [7, 11) is 0. The topological polar surface area (TPSA) is 44.1 Å². The van der Waals surface area contributed by atoms with Crippen molar-refractivity contribution in [2.75, 3.05) is 6.61 Å². The molecule has 4 heteroatoms. The number of carbonyl (C=O) groups excluding carboxylic acids is 1. The highest BCUT2D eigenvalue weighted by atomic mass is 16.5. The molecule has 0 radical (unpaired) electrons. The van der Waals surface area contributed by atoms with Crippen LogP contribution in [0.3, 0.4) is 0 Å². The summed E-state index contributed by atoms with van der Waals surface area (Å²) in [5.41, 5.74) is 1.97. The number of rotatable bonds is 4. The van der Waals surface area contributed by atoms with Gasteiger partial charge in [0.2, 0.25) is 0 Å². The molecule has 0 aliphatic heterocycles. The van der Waals surface area contributed by atoms with Crippen molar-refractivity contribution in [1.29, 1.82) is 0 Å². The molecule has 0 aliphatic rings. The molecule has 0 atom stereocenters. The van der Waals surface area contributed by atoms with E-state index < -0.39 is 0 Å². The third-order valence-electron chi connectivity index (χ3n) is 2.38. The zero-order valence-corrected chi connectivity index (χ0v) is 9.43. The molecule has 0 saturated heterocycles. The van der Waals surface area contributed by atoms with Gasteiger partial charge in [0, 0.05) is 12.6 Å². The first kappa shape index (κ1) is 10.7. The fraction of sp³-hybridized carbons (Fsp3) is 0.333. The van der Waals surface area contributed by atoms with Gasteiger partial charge in [-0.2, -0.15) is 0 Å². The highest BCUT2D eigenvalue weighted by Crippen LogP contribution is 2.19. The molecule has 0 N–H and O–H groups in total. The maximum absolute atomic E-state index is 10.8. The van der Waals surface area contributed by atoms with E-state index in [0.717, 1.165) is 17.6 Å². The van der Waals surface area contributed by atoms with E-state index in [0.29, 0.717) is 5.75 Å². The molecule has 0 bridgehead atoms. The normalized spacial score (nSPS) is 10.6. The van der Waals surface area contributed by atoms with Crippen LogP contribution in [-0.2, 0) is 11.3 Å². The van der Waals surface area contributed by atoms with Gasteiger partial charge in [-0.05, 0) is 26.0 Å². The van der Waals surface area contributed by atoms with Crippen LogP contribution in [0.4, 0.5) is 0 Å². The van der Waals surface area contributed by atoms with E-state index in [2.05, 4.69) is 11.9 Å². The van der Waals surface area contributed by atoms with Gasteiger partial charge in [-0.3, -0.25) is 4.79 Å². The van der Waals surface area contributed by atoms with Crippen LogP contribution >= 0.6 is 0 Å². The van der Waals surface area contributed by atoms with Crippen LogP contribution in [0.5, 0.6) is 5.75 Å². The number of carbonyl (C=O) groups is 1. The van der Waals surface area contributed by atoms with Gasteiger partial charge < -0.3 is 9.30 Å². The summed E-state index contributed by atoms with van der Waals surface area (Å²) in [6, 6.07) is 5.64. The third-order valence-corrected chi connectivity index (χ3v) is 2.38. The second-order valence-corrected chi connectivity index (χ2v) is 3.67. The monoisotopic (exact) mass is 218 g/mol. The zero-order valence-electron chi connectivity index (χ0n) is 9.43. The summed E-state index contributed by atoms with van der Waals surface area (Å²) >= 11 is 0. The largest absolute Gasteiger partial charge is 0.486 e.